The number of hydrogen-bond donors (Lipinski definition) is 3. The maximum absolute atomic E-state index is 11.7. The number of carboxylic acids is 1. The van der Waals surface area contributed by atoms with Crippen molar-refractivity contribution in [3.05, 3.63) is 30.1 Å². The van der Waals surface area contributed by atoms with Gasteiger partial charge in [-0.3, -0.25) is 0 Å². The van der Waals surface area contributed by atoms with Gasteiger partial charge in [-0.05, 0) is 51.3 Å². The van der Waals surface area contributed by atoms with Gasteiger partial charge in [-0.1, -0.05) is 0 Å². The summed E-state index contributed by atoms with van der Waals surface area (Å²) in [7, 11) is 0. The third-order valence-corrected chi connectivity index (χ3v) is 3.23. The van der Waals surface area contributed by atoms with Crippen molar-refractivity contribution in [2.75, 3.05) is 0 Å². The predicted molar refractivity (Wildman–Crippen MR) is 85.2 cm³/mol. The van der Waals surface area contributed by atoms with Gasteiger partial charge in [-0.25, -0.2) is 14.6 Å². The summed E-state index contributed by atoms with van der Waals surface area (Å²) in [5.74, 6) is -1.09. The van der Waals surface area contributed by atoms with Gasteiger partial charge >= 0.3 is 12.1 Å². The van der Waals surface area contributed by atoms with E-state index >= 15 is 0 Å². The number of aromatic amines is 1. The lowest BCUT2D eigenvalue weighted by atomic mass is 10.1. The largest absolute Gasteiger partial charge is 0.480 e. The molecule has 23 heavy (non-hydrogen) atoms. The SMILES string of the molecule is CC(C)(C)OC(=O)N[C@@H](CCc1c[nH]c2ncccc12)C(=O)O. The van der Waals surface area contributed by atoms with Crippen LogP contribution in [0.5, 0.6) is 0 Å². The number of fused-ring (bicyclic) bond motifs is 1. The van der Waals surface area contributed by atoms with E-state index in [1.54, 1.807) is 27.0 Å². The third kappa shape index (κ3) is 4.70. The molecule has 2 aromatic heterocycles. The number of aromatic nitrogens is 2. The first-order valence-corrected chi connectivity index (χ1v) is 7.39. The highest BCUT2D eigenvalue weighted by atomic mass is 16.6. The lowest BCUT2D eigenvalue weighted by Gasteiger charge is -2.22. The fourth-order valence-corrected chi connectivity index (χ4v) is 2.23. The van der Waals surface area contributed by atoms with E-state index in [0.29, 0.717) is 6.42 Å². The average molecular weight is 319 g/mol. The molecule has 0 aliphatic carbocycles. The molecule has 1 amide bonds. The zero-order chi connectivity index (χ0) is 17.0. The Hall–Kier alpha value is -2.57. The molecule has 0 aromatic carbocycles. The Bertz CT molecular complexity index is 703. The second-order valence-corrected chi connectivity index (χ2v) is 6.29. The van der Waals surface area contributed by atoms with Crippen LogP contribution in [0.3, 0.4) is 0 Å². The quantitative estimate of drug-likeness (QED) is 0.785. The fourth-order valence-electron chi connectivity index (χ4n) is 2.23. The molecule has 2 aromatic rings. The Morgan fingerprint density at radius 1 is 1.43 bits per heavy atom. The Labute approximate surface area is 134 Å². The van der Waals surface area contributed by atoms with Crippen LogP contribution < -0.4 is 5.32 Å². The molecule has 0 aliphatic heterocycles. The minimum atomic E-state index is -1.09. The van der Waals surface area contributed by atoms with Crippen molar-refractivity contribution in [1.82, 2.24) is 15.3 Å². The molecule has 0 bridgehead atoms. The van der Waals surface area contributed by atoms with Crippen LogP contribution in [0.2, 0.25) is 0 Å². The molecule has 7 heteroatoms. The molecule has 0 fully saturated rings. The summed E-state index contributed by atoms with van der Waals surface area (Å²) in [6, 6.07) is 2.74. The lowest BCUT2D eigenvalue weighted by Crippen LogP contribution is -2.43. The van der Waals surface area contributed by atoms with E-state index in [2.05, 4.69) is 15.3 Å². The summed E-state index contributed by atoms with van der Waals surface area (Å²) in [4.78, 5) is 30.3. The highest BCUT2D eigenvalue weighted by Crippen LogP contribution is 2.18. The third-order valence-electron chi connectivity index (χ3n) is 3.23. The van der Waals surface area contributed by atoms with Gasteiger partial charge in [0.2, 0.25) is 0 Å². The first kappa shape index (κ1) is 16.8. The number of carbonyl (C=O) groups is 2. The number of carbonyl (C=O) groups excluding carboxylic acids is 1. The number of alkyl carbamates (subject to hydrolysis) is 1. The zero-order valence-corrected chi connectivity index (χ0v) is 13.4. The van der Waals surface area contributed by atoms with E-state index in [0.717, 1.165) is 16.6 Å². The number of ether oxygens (including phenoxy) is 1. The van der Waals surface area contributed by atoms with E-state index in [1.807, 2.05) is 18.3 Å². The van der Waals surface area contributed by atoms with Crippen molar-refractivity contribution in [3.8, 4) is 0 Å². The number of hydrogen-bond acceptors (Lipinski definition) is 4. The van der Waals surface area contributed by atoms with Crippen molar-refractivity contribution in [1.29, 1.82) is 0 Å². The predicted octanol–water partition coefficient (Wildman–Crippen LogP) is 2.47. The monoisotopic (exact) mass is 319 g/mol. The highest BCUT2D eigenvalue weighted by molar-refractivity contribution is 5.81. The molecule has 2 heterocycles. The van der Waals surface area contributed by atoms with Gasteiger partial charge in [0.1, 0.15) is 17.3 Å². The van der Waals surface area contributed by atoms with E-state index in [9.17, 15) is 14.7 Å². The van der Waals surface area contributed by atoms with E-state index in [1.165, 1.54) is 0 Å². The number of carboxylic acid groups (broad SMARTS) is 1. The van der Waals surface area contributed by atoms with Gasteiger partial charge in [-0.15, -0.1) is 0 Å². The average Bonchev–Trinajstić information content (AvgIpc) is 2.84. The Morgan fingerprint density at radius 2 is 2.17 bits per heavy atom. The standard InChI is InChI=1S/C16H21N3O4/c1-16(2,3)23-15(22)19-12(14(20)21)7-6-10-9-18-13-11(10)5-4-8-17-13/h4-5,8-9,12H,6-7H2,1-3H3,(H,17,18)(H,19,22)(H,20,21)/t12-/m0/s1. The second kappa shape index (κ2) is 6.68. The Morgan fingerprint density at radius 3 is 2.83 bits per heavy atom. The number of nitrogens with one attached hydrogen (secondary N) is 2. The van der Waals surface area contributed by atoms with Crippen molar-refractivity contribution >= 4 is 23.1 Å². The summed E-state index contributed by atoms with van der Waals surface area (Å²) in [6.45, 7) is 5.17. The maximum atomic E-state index is 11.7. The Kier molecular flexibility index (Phi) is 4.88. The van der Waals surface area contributed by atoms with Crippen molar-refractivity contribution in [2.24, 2.45) is 0 Å². The highest BCUT2D eigenvalue weighted by Gasteiger charge is 2.24. The van der Waals surface area contributed by atoms with Crippen molar-refractivity contribution in [3.63, 3.8) is 0 Å². The number of rotatable bonds is 5. The molecule has 124 valence electrons. The number of pyridine rings is 1. The smallest absolute Gasteiger partial charge is 0.408 e. The molecule has 7 nitrogen and oxygen atoms in total. The van der Waals surface area contributed by atoms with Crippen LogP contribution in [-0.4, -0.2) is 38.8 Å². The number of nitrogens with zero attached hydrogens (tertiary/aromatic N) is 1. The van der Waals surface area contributed by atoms with Gasteiger partial charge in [0.25, 0.3) is 0 Å². The van der Waals surface area contributed by atoms with Gasteiger partial charge in [0.15, 0.2) is 0 Å². The van der Waals surface area contributed by atoms with Crippen LogP contribution in [0.4, 0.5) is 4.79 Å². The topological polar surface area (TPSA) is 104 Å². The van der Waals surface area contributed by atoms with Crippen LogP contribution in [0.15, 0.2) is 24.5 Å². The summed E-state index contributed by atoms with van der Waals surface area (Å²) in [6.07, 6.45) is 3.52. The van der Waals surface area contributed by atoms with Crippen LogP contribution in [0, 0.1) is 0 Å². The fraction of sp³-hybridized carbons (Fsp3) is 0.438. The molecule has 0 saturated heterocycles. The molecular weight excluding hydrogens is 298 g/mol. The molecule has 3 N–H and O–H groups in total. The van der Waals surface area contributed by atoms with E-state index in [4.69, 9.17) is 4.74 Å². The number of H-pyrrole nitrogens is 1. The molecular formula is C16H21N3O4. The van der Waals surface area contributed by atoms with Crippen molar-refractivity contribution < 1.29 is 19.4 Å². The summed E-state index contributed by atoms with van der Waals surface area (Å²) < 4.78 is 5.10. The first-order chi connectivity index (χ1) is 10.8. The second-order valence-electron chi connectivity index (χ2n) is 6.29. The van der Waals surface area contributed by atoms with E-state index < -0.39 is 23.7 Å². The van der Waals surface area contributed by atoms with Gasteiger partial charge in [0.05, 0.1) is 0 Å². The Balaban J connectivity index is 2.00. The van der Waals surface area contributed by atoms with Crippen LogP contribution in [-0.2, 0) is 16.0 Å². The minimum absolute atomic E-state index is 0.260. The lowest BCUT2D eigenvalue weighted by molar-refractivity contribution is -0.139. The molecule has 0 radical (unpaired) electrons. The number of amides is 1. The van der Waals surface area contributed by atoms with Gasteiger partial charge in [-0.2, -0.15) is 0 Å². The number of aliphatic carboxylic acids is 1. The zero-order valence-electron chi connectivity index (χ0n) is 13.4. The number of aryl methyl sites for hydroxylation is 1. The van der Waals surface area contributed by atoms with Gasteiger partial charge < -0.3 is 20.1 Å². The van der Waals surface area contributed by atoms with Crippen LogP contribution in [0.1, 0.15) is 32.8 Å². The molecule has 0 aliphatic rings. The summed E-state index contributed by atoms with van der Waals surface area (Å²) >= 11 is 0. The van der Waals surface area contributed by atoms with E-state index in [-0.39, 0.29) is 6.42 Å². The summed E-state index contributed by atoms with van der Waals surface area (Å²) in [5, 5.41) is 12.6. The molecule has 0 unspecified atom stereocenters. The molecule has 2 rings (SSSR count). The molecule has 1 atom stereocenters. The maximum Gasteiger partial charge on any atom is 0.408 e. The van der Waals surface area contributed by atoms with Crippen LogP contribution >= 0.6 is 0 Å². The molecule has 0 saturated carbocycles. The minimum Gasteiger partial charge on any atom is -0.480 e. The van der Waals surface area contributed by atoms with Gasteiger partial charge in [0, 0.05) is 17.8 Å². The summed E-state index contributed by atoms with van der Waals surface area (Å²) in [5.41, 5.74) is 1.05. The molecule has 0 spiro atoms. The van der Waals surface area contributed by atoms with Crippen molar-refractivity contribution in [2.45, 2.75) is 45.3 Å². The first-order valence-electron chi connectivity index (χ1n) is 7.39. The van der Waals surface area contributed by atoms with Crippen LogP contribution in [0.25, 0.3) is 11.0 Å². The normalized spacial score (nSPS) is 12.8.